The summed E-state index contributed by atoms with van der Waals surface area (Å²) in [5.41, 5.74) is 5.07. The zero-order valence-electron chi connectivity index (χ0n) is 20.2. The number of amides is 2. The fourth-order valence-corrected chi connectivity index (χ4v) is 5.02. The summed E-state index contributed by atoms with van der Waals surface area (Å²) in [6.45, 7) is 2.48. The summed E-state index contributed by atoms with van der Waals surface area (Å²) in [5.74, 6) is -0.415. The molecule has 1 N–H and O–H groups in total. The highest BCUT2D eigenvalue weighted by Crippen LogP contribution is 2.37. The van der Waals surface area contributed by atoms with Gasteiger partial charge in [0.05, 0.1) is 30.4 Å². The zero-order valence-corrected chi connectivity index (χ0v) is 21.0. The Bertz CT molecular complexity index is 1400. The van der Waals surface area contributed by atoms with E-state index in [4.69, 9.17) is 4.74 Å². The quantitative estimate of drug-likeness (QED) is 0.252. The Balaban J connectivity index is 1.55. The third-order valence-electron chi connectivity index (χ3n) is 6.28. The van der Waals surface area contributed by atoms with E-state index in [0.717, 1.165) is 27.4 Å². The molecule has 0 radical (unpaired) electrons. The Labute approximate surface area is 214 Å². The van der Waals surface area contributed by atoms with Gasteiger partial charge in [0.1, 0.15) is 0 Å². The minimum Gasteiger partial charge on any atom is -0.462 e. The van der Waals surface area contributed by atoms with Gasteiger partial charge in [0.25, 0.3) is 0 Å². The molecule has 0 fully saturated rings. The molecular weight excluding hydrogens is 470 g/mol. The normalized spacial score (nSPS) is 14.4. The van der Waals surface area contributed by atoms with Crippen molar-refractivity contribution in [1.29, 1.82) is 0 Å². The van der Waals surface area contributed by atoms with E-state index >= 15 is 0 Å². The van der Waals surface area contributed by atoms with Gasteiger partial charge in [-0.25, -0.2) is 9.59 Å². The van der Waals surface area contributed by atoms with Gasteiger partial charge in [0.2, 0.25) is 0 Å². The summed E-state index contributed by atoms with van der Waals surface area (Å²) in [4.78, 5) is 29.1. The molecule has 0 aliphatic carbocycles. The monoisotopic (exact) mass is 497 g/mol. The van der Waals surface area contributed by atoms with Crippen LogP contribution in [0.2, 0.25) is 0 Å². The predicted molar refractivity (Wildman–Crippen MR) is 143 cm³/mol. The number of carbonyl (C=O) groups excluding carboxylic acids is 2. The molecule has 182 valence electrons. The molecule has 6 nitrogen and oxygen atoms in total. The van der Waals surface area contributed by atoms with Crippen LogP contribution in [0.5, 0.6) is 0 Å². The van der Waals surface area contributed by atoms with E-state index in [-0.39, 0.29) is 12.1 Å². The molecule has 4 aromatic rings. The van der Waals surface area contributed by atoms with Gasteiger partial charge in [0, 0.05) is 22.5 Å². The number of hydrogen-bond donors (Lipinski definition) is 1. The summed E-state index contributed by atoms with van der Waals surface area (Å²) in [5, 5.41) is 3.02. The van der Waals surface area contributed by atoms with Crippen molar-refractivity contribution < 1.29 is 14.3 Å². The van der Waals surface area contributed by atoms with Crippen LogP contribution < -0.4 is 5.32 Å². The summed E-state index contributed by atoms with van der Waals surface area (Å²) in [7, 11) is 0. The number of nitrogens with zero attached hydrogens (tertiary/aromatic N) is 2. The molecule has 1 aliphatic rings. The molecule has 0 saturated carbocycles. The number of benzene rings is 3. The van der Waals surface area contributed by atoms with Crippen LogP contribution in [-0.4, -0.2) is 34.3 Å². The maximum atomic E-state index is 13.9. The minimum atomic E-state index is -0.415. The van der Waals surface area contributed by atoms with E-state index in [1.54, 1.807) is 43.0 Å². The molecule has 7 heteroatoms. The Morgan fingerprint density at radius 3 is 2.58 bits per heavy atom. The average Bonchev–Trinajstić information content (AvgIpc) is 3.33. The van der Waals surface area contributed by atoms with Gasteiger partial charge in [-0.2, -0.15) is 0 Å². The van der Waals surface area contributed by atoms with E-state index < -0.39 is 5.97 Å². The molecule has 1 unspecified atom stereocenters. The van der Waals surface area contributed by atoms with Crippen LogP contribution in [0.4, 0.5) is 10.5 Å². The lowest BCUT2D eigenvalue weighted by Crippen LogP contribution is -2.38. The van der Waals surface area contributed by atoms with Crippen LogP contribution in [0.25, 0.3) is 5.69 Å². The topological polar surface area (TPSA) is 63.6 Å². The van der Waals surface area contributed by atoms with Crippen LogP contribution in [-0.2, 0) is 11.3 Å². The number of thioether (sulfide) groups is 1. The van der Waals surface area contributed by atoms with Crippen molar-refractivity contribution in [1.82, 2.24) is 9.47 Å². The average molecular weight is 498 g/mol. The van der Waals surface area contributed by atoms with E-state index in [0.29, 0.717) is 24.4 Å². The molecule has 0 bridgehead atoms. The van der Waals surface area contributed by atoms with Crippen molar-refractivity contribution in [3.8, 4) is 5.69 Å². The highest BCUT2D eigenvalue weighted by Gasteiger charge is 2.33. The third-order valence-corrected chi connectivity index (χ3v) is 7.02. The van der Waals surface area contributed by atoms with Crippen LogP contribution in [0.3, 0.4) is 0 Å². The van der Waals surface area contributed by atoms with Gasteiger partial charge in [-0.15, -0.1) is 11.8 Å². The number of nitrogens with one attached hydrogen (secondary N) is 1. The maximum absolute atomic E-state index is 13.9. The van der Waals surface area contributed by atoms with Crippen molar-refractivity contribution >= 4 is 29.4 Å². The van der Waals surface area contributed by atoms with Crippen molar-refractivity contribution in [3.63, 3.8) is 0 Å². The van der Waals surface area contributed by atoms with Crippen LogP contribution in [0.1, 0.15) is 40.1 Å². The first-order valence-corrected chi connectivity index (χ1v) is 13.1. The fourth-order valence-electron chi connectivity index (χ4n) is 4.61. The van der Waals surface area contributed by atoms with Gasteiger partial charge in [-0.05, 0) is 72.8 Å². The number of hydrogen-bond acceptors (Lipinski definition) is 4. The molecule has 2 amide bonds. The molecule has 0 spiro atoms. The van der Waals surface area contributed by atoms with E-state index in [1.165, 1.54) is 0 Å². The Hall–Kier alpha value is -3.97. The highest BCUT2D eigenvalue weighted by molar-refractivity contribution is 7.98. The summed E-state index contributed by atoms with van der Waals surface area (Å²) in [6, 6.07) is 26.9. The summed E-state index contributed by atoms with van der Waals surface area (Å²) >= 11 is 1.69. The number of esters is 1. The first-order chi connectivity index (χ1) is 17.6. The van der Waals surface area contributed by atoms with Gasteiger partial charge in [0.15, 0.2) is 0 Å². The molecule has 3 aromatic carbocycles. The molecule has 1 aliphatic heterocycles. The second-order valence-electron chi connectivity index (χ2n) is 8.47. The molecule has 36 heavy (non-hydrogen) atoms. The molecule has 1 atom stereocenters. The van der Waals surface area contributed by atoms with Gasteiger partial charge < -0.3 is 19.5 Å². The van der Waals surface area contributed by atoms with Gasteiger partial charge in [-0.1, -0.05) is 36.4 Å². The Morgan fingerprint density at radius 2 is 1.81 bits per heavy atom. The SMILES string of the molecule is CCOC(=O)c1cccc(NC(=O)N2Cc3ccccc3-n3cccc3C2c2ccc(SC)cc2)c1. The second kappa shape index (κ2) is 10.3. The van der Waals surface area contributed by atoms with Gasteiger partial charge in [-0.3, -0.25) is 0 Å². The summed E-state index contributed by atoms with van der Waals surface area (Å²) in [6.07, 6.45) is 4.09. The van der Waals surface area contributed by atoms with Crippen molar-refractivity contribution in [2.24, 2.45) is 0 Å². The van der Waals surface area contributed by atoms with Gasteiger partial charge >= 0.3 is 12.0 Å². The third kappa shape index (κ3) is 4.62. The fraction of sp³-hybridized carbons (Fsp3) is 0.172. The number of fused-ring (bicyclic) bond motifs is 3. The van der Waals surface area contributed by atoms with Crippen LogP contribution in [0.15, 0.2) is 96.0 Å². The Kier molecular flexibility index (Phi) is 6.82. The van der Waals surface area contributed by atoms with Crippen molar-refractivity contribution in [2.45, 2.75) is 24.4 Å². The first-order valence-electron chi connectivity index (χ1n) is 11.8. The maximum Gasteiger partial charge on any atom is 0.338 e. The molecule has 2 heterocycles. The predicted octanol–water partition coefficient (Wildman–Crippen LogP) is 6.51. The molecule has 1 aromatic heterocycles. The highest BCUT2D eigenvalue weighted by atomic mass is 32.2. The number of carbonyl (C=O) groups is 2. The van der Waals surface area contributed by atoms with Crippen LogP contribution >= 0.6 is 11.8 Å². The molecule has 0 saturated heterocycles. The van der Waals surface area contributed by atoms with E-state index in [2.05, 4.69) is 52.3 Å². The number of anilines is 1. The standard InChI is InChI=1S/C29H27N3O3S/c1-3-35-28(33)21-9-6-10-23(18-21)30-29(34)32-19-22-8-4-5-11-25(22)31-17-7-12-26(31)27(32)20-13-15-24(36-2)16-14-20/h4-18,27H,3,19H2,1-2H3,(H,30,34). The summed E-state index contributed by atoms with van der Waals surface area (Å²) < 4.78 is 7.28. The molecular formula is C29H27N3O3S. The minimum absolute atomic E-state index is 0.251. The number of urea groups is 1. The zero-order chi connectivity index (χ0) is 25.1. The number of aromatic nitrogens is 1. The first kappa shape index (κ1) is 23.8. The molecule has 5 rings (SSSR count). The number of ether oxygens (including phenoxy) is 1. The van der Waals surface area contributed by atoms with E-state index in [1.807, 2.05) is 35.6 Å². The van der Waals surface area contributed by atoms with E-state index in [9.17, 15) is 9.59 Å². The largest absolute Gasteiger partial charge is 0.462 e. The lowest BCUT2D eigenvalue weighted by Gasteiger charge is -2.31. The second-order valence-corrected chi connectivity index (χ2v) is 9.35. The van der Waals surface area contributed by atoms with Crippen molar-refractivity contribution in [3.05, 3.63) is 114 Å². The van der Waals surface area contributed by atoms with Crippen LogP contribution in [0, 0.1) is 0 Å². The van der Waals surface area contributed by atoms with Crippen molar-refractivity contribution in [2.75, 3.05) is 18.2 Å². The lowest BCUT2D eigenvalue weighted by molar-refractivity contribution is 0.0526. The Morgan fingerprint density at radius 1 is 1.00 bits per heavy atom. The lowest BCUT2D eigenvalue weighted by atomic mass is 10.0. The smallest absolute Gasteiger partial charge is 0.338 e. The number of rotatable bonds is 5. The number of para-hydroxylation sites is 1.